The fourth-order valence-electron chi connectivity index (χ4n) is 3.64. The van der Waals surface area contributed by atoms with E-state index in [0.29, 0.717) is 0 Å². The zero-order chi connectivity index (χ0) is 14.0. The number of nitrogens with one attached hydrogen (secondary N) is 1. The van der Waals surface area contributed by atoms with Gasteiger partial charge < -0.3 is 5.32 Å². The SMILES string of the molecule is CCC(CC1CC1)N1CCNC(C)(c2ccccc2)C1. The quantitative estimate of drug-likeness (QED) is 0.884. The average Bonchev–Trinajstić information content (AvgIpc) is 3.30. The Kier molecular flexibility index (Phi) is 4.13. The van der Waals surface area contributed by atoms with E-state index in [1.165, 1.54) is 37.8 Å². The average molecular weight is 272 g/mol. The fraction of sp³-hybridized carbons (Fsp3) is 0.667. The Balaban J connectivity index is 1.71. The van der Waals surface area contributed by atoms with E-state index >= 15 is 0 Å². The smallest absolute Gasteiger partial charge is 0.0535 e. The molecule has 2 unspecified atom stereocenters. The van der Waals surface area contributed by atoms with Crippen LogP contribution in [-0.2, 0) is 5.54 Å². The van der Waals surface area contributed by atoms with E-state index in [0.717, 1.165) is 25.0 Å². The topological polar surface area (TPSA) is 15.3 Å². The van der Waals surface area contributed by atoms with Gasteiger partial charge in [0, 0.05) is 25.7 Å². The van der Waals surface area contributed by atoms with Gasteiger partial charge in [0.05, 0.1) is 5.54 Å². The molecule has 0 bridgehead atoms. The first-order chi connectivity index (χ1) is 9.71. The zero-order valence-electron chi connectivity index (χ0n) is 12.9. The molecule has 1 heterocycles. The van der Waals surface area contributed by atoms with Crippen molar-refractivity contribution in [2.75, 3.05) is 19.6 Å². The molecule has 0 aromatic heterocycles. The van der Waals surface area contributed by atoms with Crippen molar-refractivity contribution in [1.82, 2.24) is 10.2 Å². The highest BCUT2D eigenvalue weighted by Gasteiger charge is 2.36. The fourth-order valence-corrected chi connectivity index (χ4v) is 3.64. The molecule has 0 amide bonds. The summed E-state index contributed by atoms with van der Waals surface area (Å²) >= 11 is 0. The highest BCUT2D eigenvalue weighted by Crippen LogP contribution is 2.36. The lowest BCUT2D eigenvalue weighted by molar-refractivity contribution is 0.0895. The first kappa shape index (κ1) is 14.1. The molecule has 1 aromatic carbocycles. The van der Waals surface area contributed by atoms with Crippen LogP contribution < -0.4 is 5.32 Å². The van der Waals surface area contributed by atoms with Crippen LogP contribution in [-0.4, -0.2) is 30.6 Å². The number of hydrogen-bond acceptors (Lipinski definition) is 2. The van der Waals surface area contributed by atoms with Gasteiger partial charge in [-0.1, -0.05) is 50.1 Å². The number of rotatable bonds is 5. The van der Waals surface area contributed by atoms with Crippen molar-refractivity contribution in [3.63, 3.8) is 0 Å². The van der Waals surface area contributed by atoms with Gasteiger partial charge in [-0.05, 0) is 31.2 Å². The Morgan fingerprint density at radius 3 is 2.70 bits per heavy atom. The van der Waals surface area contributed by atoms with Crippen molar-refractivity contribution in [2.24, 2.45) is 5.92 Å². The Labute approximate surface area is 123 Å². The van der Waals surface area contributed by atoms with Crippen LogP contribution in [0.5, 0.6) is 0 Å². The van der Waals surface area contributed by atoms with Crippen LogP contribution >= 0.6 is 0 Å². The molecular formula is C18H28N2. The normalized spacial score (nSPS) is 29.3. The lowest BCUT2D eigenvalue weighted by Gasteiger charge is -2.45. The minimum Gasteiger partial charge on any atom is -0.305 e. The van der Waals surface area contributed by atoms with Gasteiger partial charge in [0.1, 0.15) is 0 Å². The van der Waals surface area contributed by atoms with Crippen LogP contribution in [0.25, 0.3) is 0 Å². The van der Waals surface area contributed by atoms with Crippen LogP contribution in [0.4, 0.5) is 0 Å². The van der Waals surface area contributed by atoms with Crippen molar-refractivity contribution < 1.29 is 0 Å². The van der Waals surface area contributed by atoms with E-state index in [-0.39, 0.29) is 5.54 Å². The molecule has 1 saturated carbocycles. The summed E-state index contributed by atoms with van der Waals surface area (Å²) in [6.07, 6.45) is 5.65. The third kappa shape index (κ3) is 3.07. The van der Waals surface area contributed by atoms with Crippen LogP contribution in [0, 0.1) is 5.92 Å². The van der Waals surface area contributed by atoms with Gasteiger partial charge in [-0.3, -0.25) is 4.90 Å². The van der Waals surface area contributed by atoms with Gasteiger partial charge in [0.25, 0.3) is 0 Å². The molecule has 2 aliphatic rings. The number of benzene rings is 1. The molecule has 1 aliphatic heterocycles. The molecule has 0 radical (unpaired) electrons. The first-order valence-corrected chi connectivity index (χ1v) is 8.26. The molecule has 0 spiro atoms. The lowest BCUT2D eigenvalue weighted by Crippen LogP contribution is -2.59. The molecule has 110 valence electrons. The Morgan fingerprint density at radius 2 is 2.05 bits per heavy atom. The van der Waals surface area contributed by atoms with Gasteiger partial charge in [-0.15, -0.1) is 0 Å². The van der Waals surface area contributed by atoms with E-state index < -0.39 is 0 Å². The van der Waals surface area contributed by atoms with E-state index in [2.05, 4.69) is 54.4 Å². The maximum absolute atomic E-state index is 3.75. The molecule has 2 nitrogen and oxygen atoms in total. The standard InChI is InChI=1S/C18H28N2/c1-3-17(13-15-9-10-15)20-12-11-19-18(2,14-20)16-7-5-4-6-8-16/h4-8,15,17,19H,3,9-14H2,1-2H3. The van der Waals surface area contributed by atoms with Crippen molar-refractivity contribution in [1.29, 1.82) is 0 Å². The zero-order valence-corrected chi connectivity index (χ0v) is 12.9. The van der Waals surface area contributed by atoms with E-state index in [1.54, 1.807) is 0 Å². The van der Waals surface area contributed by atoms with Gasteiger partial charge in [0.2, 0.25) is 0 Å². The predicted molar refractivity (Wildman–Crippen MR) is 84.8 cm³/mol. The molecule has 3 rings (SSSR count). The summed E-state index contributed by atoms with van der Waals surface area (Å²) in [7, 11) is 0. The summed E-state index contributed by atoms with van der Waals surface area (Å²) in [4.78, 5) is 2.74. The van der Waals surface area contributed by atoms with Crippen LogP contribution in [0.15, 0.2) is 30.3 Å². The van der Waals surface area contributed by atoms with Gasteiger partial charge in [0.15, 0.2) is 0 Å². The molecule has 1 N–H and O–H groups in total. The van der Waals surface area contributed by atoms with Gasteiger partial charge in [-0.25, -0.2) is 0 Å². The Morgan fingerprint density at radius 1 is 1.30 bits per heavy atom. The van der Waals surface area contributed by atoms with E-state index in [4.69, 9.17) is 0 Å². The van der Waals surface area contributed by atoms with Crippen molar-refractivity contribution in [2.45, 2.75) is 51.1 Å². The Bertz CT molecular complexity index is 426. The molecule has 2 atom stereocenters. The first-order valence-electron chi connectivity index (χ1n) is 8.26. The second-order valence-electron chi connectivity index (χ2n) is 6.84. The largest absolute Gasteiger partial charge is 0.305 e. The maximum Gasteiger partial charge on any atom is 0.0535 e. The molecule has 2 fully saturated rings. The highest BCUT2D eigenvalue weighted by atomic mass is 15.2. The second kappa shape index (κ2) is 5.87. The summed E-state index contributed by atoms with van der Waals surface area (Å²) < 4.78 is 0. The molecular weight excluding hydrogens is 244 g/mol. The maximum atomic E-state index is 3.75. The third-order valence-electron chi connectivity index (χ3n) is 5.13. The van der Waals surface area contributed by atoms with Crippen molar-refractivity contribution in [3.05, 3.63) is 35.9 Å². The lowest BCUT2D eigenvalue weighted by atomic mass is 9.88. The van der Waals surface area contributed by atoms with Crippen LogP contribution in [0.2, 0.25) is 0 Å². The number of piperazine rings is 1. The second-order valence-corrected chi connectivity index (χ2v) is 6.84. The van der Waals surface area contributed by atoms with E-state index in [1.807, 2.05) is 0 Å². The molecule has 20 heavy (non-hydrogen) atoms. The van der Waals surface area contributed by atoms with Crippen molar-refractivity contribution in [3.8, 4) is 0 Å². The summed E-state index contributed by atoms with van der Waals surface area (Å²) in [6, 6.07) is 11.7. The molecule has 1 saturated heterocycles. The Hall–Kier alpha value is -0.860. The van der Waals surface area contributed by atoms with Crippen LogP contribution in [0.1, 0.15) is 45.1 Å². The third-order valence-corrected chi connectivity index (χ3v) is 5.13. The summed E-state index contributed by atoms with van der Waals surface area (Å²) in [5, 5.41) is 3.75. The minimum atomic E-state index is 0.108. The van der Waals surface area contributed by atoms with Gasteiger partial charge >= 0.3 is 0 Å². The minimum absolute atomic E-state index is 0.108. The van der Waals surface area contributed by atoms with Crippen molar-refractivity contribution >= 4 is 0 Å². The van der Waals surface area contributed by atoms with E-state index in [9.17, 15) is 0 Å². The number of nitrogens with zero attached hydrogens (tertiary/aromatic N) is 1. The molecule has 2 heteroatoms. The summed E-state index contributed by atoms with van der Waals surface area (Å²) in [5.74, 6) is 1.03. The monoisotopic (exact) mass is 272 g/mol. The predicted octanol–water partition coefficient (Wildman–Crippen LogP) is 3.39. The highest BCUT2D eigenvalue weighted by molar-refractivity contribution is 5.25. The van der Waals surface area contributed by atoms with Gasteiger partial charge in [-0.2, -0.15) is 0 Å². The molecule has 1 aromatic rings. The summed E-state index contributed by atoms with van der Waals surface area (Å²) in [6.45, 7) is 8.16. The molecule has 1 aliphatic carbocycles. The van der Waals surface area contributed by atoms with Crippen LogP contribution in [0.3, 0.4) is 0 Å². The summed E-state index contributed by atoms with van der Waals surface area (Å²) in [5.41, 5.74) is 1.53. The number of hydrogen-bond donors (Lipinski definition) is 1.